The Bertz CT molecular complexity index is 531. The maximum Gasteiger partial charge on any atom is 0.229 e. The molecule has 0 unspecified atom stereocenters. The van der Waals surface area contributed by atoms with Crippen LogP contribution in [-0.4, -0.2) is 21.8 Å². The van der Waals surface area contributed by atoms with Crippen molar-refractivity contribution < 1.29 is 4.79 Å². The van der Waals surface area contributed by atoms with Crippen LogP contribution in [0.5, 0.6) is 0 Å². The standard InChI is InChI=1S/C13H12ClN3O/c14-8-6-12(18)17-13-15-9-7-11(16-13)10-4-2-1-3-5-10/h1-5,7,9H,6,8H2,(H,15,16,17,18). The third kappa shape index (κ3) is 3.28. The van der Waals surface area contributed by atoms with Gasteiger partial charge in [-0.25, -0.2) is 9.97 Å². The van der Waals surface area contributed by atoms with Gasteiger partial charge < -0.3 is 0 Å². The van der Waals surface area contributed by atoms with Crippen LogP contribution in [0.4, 0.5) is 5.95 Å². The lowest BCUT2D eigenvalue weighted by Crippen LogP contribution is -2.14. The normalized spacial score (nSPS) is 10.1. The Morgan fingerprint density at radius 1 is 1.22 bits per heavy atom. The Morgan fingerprint density at radius 3 is 2.72 bits per heavy atom. The number of carbonyl (C=O) groups is 1. The van der Waals surface area contributed by atoms with E-state index >= 15 is 0 Å². The highest BCUT2D eigenvalue weighted by molar-refractivity contribution is 6.19. The van der Waals surface area contributed by atoms with E-state index in [1.807, 2.05) is 30.3 Å². The third-order valence-electron chi connectivity index (χ3n) is 2.30. The summed E-state index contributed by atoms with van der Waals surface area (Å²) in [5.41, 5.74) is 1.75. The highest BCUT2D eigenvalue weighted by Crippen LogP contribution is 2.16. The molecular weight excluding hydrogens is 250 g/mol. The smallest absolute Gasteiger partial charge is 0.229 e. The van der Waals surface area contributed by atoms with E-state index < -0.39 is 0 Å². The number of rotatable bonds is 4. The first-order valence-corrected chi connectivity index (χ1v) is 6.07. The van der Waals surface area contributed by atoms with Gasteiger partial charge in [0.1, 0.15) is 0 Å². The maximum absolute atomic E-state index is 11.4. The molecule has 2 aromatic rings. The van der Waals surface area contributed by atoms with E-state index in [1.165, 1.54) is 0 Å². The molecule has 18 heavy (non-hydrogen) atoms. The summed E-state index contributed by atoms with van der Waals surface area (Å²) < 4.78 is 0. The lowest BCUT2D eigenvalue weighted by Gasteiger charge is -2.04. The number of benzene rings is 1. The Hall–Kier alpha value is -1.94. The van der Waals surface area contributed by atoms with Gasteiger partial charge >= 0.3 is 0 Å². The van der Waals surface area contributed by atoms with Gasteiger partial charge in [-0.3, -0.25) is 10.1 Å². The van der Waals surface area contributed by atoms with E-state index in [0.717, 1.165) is 11.3 Å². The molecule has 0 aliphatic rings. The van der Waals surface area contributed by atoms with E-state index in [2.05, 4.69) is 15.3 Å². The minimum Gasteiger partial charge on any atom is -0.294 e. The van der Waals surface area contributed by atoms with Gasteiger partial charge in [0.25, 0.3) is 0 Å². The first-order valence-electron chi connectivity index (χ1n) is 5.54. The van der Waals surface area contributed by atoms with Gasteiger partial charge in [0, 0.05) is 24.1 Å². The second-order valence-electron chi connectivity index (χ2n) is 3.62. The van der Waals surface area contributed by atoms with Crippen molar-refractivity contribution >= 4 is 23.5 Å². The fourth-order valence-corrected chi connectivity index (χ4v) is 1.63. The monoisotopic (exact) mass is 261 g/mol. The van der Waals surface area contributed by atoms with Crippen molar-refractivity contribution in [2.75, 3.05) is 11.2 Å². The van der Waals surface area contributed by atoms with E-state index in [0.29, 0.717) is 5.95 Å². The summed E-state index contributed by atoms with van der Waals surface area (Å²) in [7, 11) is 0. The first-order chi connectivity index (χ1) is 8.79. The van der Waals surface area contributed by atoms with Crippen LogP contribution in [0, 0.1) is 0 Å². The van der Waals surface area contributed by atoms with Crippen LogP contribution in [0.2, 0.25) is 0 Å². The van der Waals surface area contributed by atoms with Crippen molar-refractivity contribution in [2.45, 2.75) is 6.42 Å². The van der Waals surface area contributed by atoms with Crippen LogP contribution in [0.15, 0.2) is 42.6 Å². The quantitative estimate of drug-likeness (QED) is 0.861. The van der Waals surface area contributed by atoms with Crippen molar-refractivity contribution in [3.05, 3.63) is 42.6 Å². The van der Waals surface area contributed by atoms with Crippen LogP contribution in [0.1, 0.15) is 6.42 Å². The summed E-state index contributed by atoms with van der Waals surface area (Å²) >= 11 is 5.49. The topological polar surface area (TPSA) is 54.9 Å². The molecule has 0 saturated carbocycles. The number of hydrogen-bond donors (Lipinski definition) is 1. The molecule has 0 fully saturated rings. The number of anilines is 1. The van der Waals surface area contributed by atoms with Crippen LogP contribution in [0.3, 0.4) is 0 Å². The highest BCUT2D eigenvalue weighted by Gasteiger charge is 2.05. The molecule has 1 N–H and O–H groups in total. The first kappa shape index (κ1) is 12.5. The van der Waals surface area contributed by atoms with Gasteiger partial charge in [-0.2, -0.15) is 0 Å². The van der Waals surface area contributed by atoms with Gasteiger partial charge in [-0.05, 0) is 6.07 Å². The molecule has 0 aliphatic carbocycles. The molecular formula is C13H12ClN3O. The minimum absolute atomic E-state index is 0.185. The van der Waals surface area contributed by atoms with Crippen molar-refractivity contribution in [1.29, 1.82) is 0 Å². The number of aromatic nitrogens is 2. The second-order valence-corrected chi connectivity index (χ2v) is 4.00. The van der Waals surface area contributed by atoms with Crippen molar-refractivity contribution in [3.63, 3.8) is 0 Å². The maximum atomic E-state index is 11.4. The van der Waals surface area contributed by atoms with Crippen LogP contribution >= 0.6 is 11.6 Å². The zero-order chi connectivity index (χ0) is 12.8. The number of hydrogen-bond acceptors (Lipinski definition) is 3. The Labute approximate surface area is 110 Å². The Kier molecular flexibility index (Phi) is 4.25. The Morgan fingerprint density at radius 2 is 2.00 bits per heavy atom. The molecule has 0 aliphatic heterocycles. The predicted molar refractivity (Wildman–Crippen MR) is 71.4 cm³/mol. The van der Waals surface area contributed by atoms with Gasteiger partial charge in [0.15, 0.2) is 0 Å². The second kappa shape index (κ2) is 6.12. The lowest BCUT2D eigenvalue weighted by molar-refractivity contribution is -0.115. The molecule has 0 bridgehead atoms. The van der Waals surface area contributed by atoms with E-state index in [-0.39, 0.29) is 18.2 Å². The Balaban J connectivity index is 2.18. The summed E-state index contributed by atoms with van der Waals surface area (Å²) in [6.45, 7) is 0. The number of amides is 1. The molecule has 0 radical (unpaired) electrons. The molecule has 0 atom stereocenters. The van der Waals surface area contributed by atoms with Crippen molar-refractivity contribution in [2.24, 2.45) is 0 Å². The summed E-state index contributed by atoms with van der Waals surface area (Å²) in [5.74, 6) is 0.395. The van der Waals surface area contributed by atoms with Crippen LogP contribution in [0.25, 0.3) is 11.3 Å². The molecule has 1 aromatic heterocycles. The summed E-state index contributed by atoms with van der Waals surface area (Å²) in [6.07, 6.45) is 1.87. The zero-order valence-corrected chi connectivity index (χ0v) is 10.4. The third-order valence-corrected chi connectivity index (χ3v) is 2.49. The van der Waals surface area contributed by atoms with Crippen molar-refractivity contribution in [1.82, 2.24) is 9.97 Å². The number of nitrogens with zero attached hydrogens (tertiary/aromatic N) is 2. The van der Waals surface area contributed by atoms with Crippen LogP contribution in [-0.2, 0) is 4.79 Å². The fraction of sp³-hybridized carbons (Fsp3) is 0.154. The molecule has 0 spiro atoms. The van der Waals surface area contributed by atoms with Gasteiger partial charge in [-0.15, -0.1) is 11.6 Å². The predicted octanol–water partition coefficient (Wildman–Crippen LogP) is 2.71. The SMILES string of the molecule is O=C(CCCl)Nc1nccc(-c2ccccc2)n1. The van der Waals surface area contributed by atoms with E-state index in [1.54, 1.807) is 12.3 Å². The van der Waals surface area contributed by atoms with E-state index in [4.69, 9.17) is 11.6 Å². The summed E-state index contributed by atoms with van der Waals surface area (Å²) in [5, 5.41) is 2.61. The molecule has 1 aromatic carbocycles. The van der Waals surface area contributed by atoms with Crippen LogP contribution < -0.4 is 5.32 Å². The molecule has 92 valence electrons. The highest BCUT2D eigenvalue weighted by atomic mass is 35.5. The zero-order valence-electron chi connectivity index (χ0n) is 9.64. The molecule has 0 saturated heterocycles. The number of halogens is 1. The molecule has 1 amide bonds. The molecule has 2 rings (SSSR count). The molecule has 5 heteroatoms. The van der Waals surface area contributed by atoms with E-state index in [9.17, 15) is 4.79 Å². The van der Waals surface area contributed by atoms with Gasteiger partial charge in [0.2, 0.25) is 11.9 Å². The average molecular weight is 262 g/mol. The van der Waals surface area contributed by atoms with Gasteiger partial charge in [0.05, 0.1) is 5.69 Å². The largest absolute Gasteiger partial charge is 0.294 e. The number of carbonyl (C=O) groups excluding carboxylic acids is 1. The number of nitrogens with one attached hydrogen (secondary N) is 1. The minimum atomic E-state index is -0.185. The fourth-order valence-electron chi connectivity index (χ4n) is 1.46. The summed E-state index contributed by atoms with van der Waals surface area (Å²) in [4.78, 5) is 19.7. The lowest BCUT2D eigenvalue weighted by atomic mass is 10.1. The summed E-state index contributed by atoms with van der Waals surface area (Å²) in [6, 6.07) is 11.5. The number of alkyl halides is 1. The van der Waals surface area contributed by atoms with Gasteiger partial charge in [-0.1, -0.05) is 30.3 Å². The molecule has 4 nitrogen and oxygen atoms in total. The average Bonchev–Trinajstić information content (AvgIpc) is 2.40. The van der Waals surface area contributed by atoms with Crippen molar-refractivity contribution in [3.8, 4) is 11.3 Å². The molecule has 1 heterocycles.